The molecule has 4 heteroatoms. The summed E-state index contributed by atoms with van der Waals surface area (Å²) in [6.07, 6.45) is 1.10. The number of rotatable bonds is 7. The minimum atomic E-state index is -0.904. The van der Waals surface area contributed by atoms with Gasteiger partial charge in [-0.3, -0.25) is 4.79 Å². The molecule has 20 heavy (non-hydrogen) atoms. The fraction of sp³-hybridized carbons (Fsp3) is 0.500. The molecule has 0 radical (unpaired) electrons. The van der Waals surface area contributed by atoms with E-state index in [1.807, 2.05) is 0 Å². The van der Waals surface area contributed by atoms with E-state index in [0.717, 1.165) is 12.8 Å². The highest BCUT2D eigenvalue weighted by molar-refractivity contribution is 5.81. The Hall–Kier alpha value is -1.84. The van der Waals surface area contributed by atoms with Crippen molar-refractivity contribution in [1.29, 1.82) is 0 Å². The lowest BCUT2D eigenvalue weighted by atomic mass is 9.96. The Bertz CT molecular complexity index is 481. The number of Topliss-reactive ketones (excluding diaryl/α,β-unsaturated/α-hetero) is 1. The summed E-state index contributed by atoms with van der Waals surface area (Å²) in [6, 6.07) is 6.54. The Balaban J connectivity index is 2.45. The van der Waals surface area contributed by atoms with Crippen LogP contribution in [0.5, 0.6) is 0 Å². The van der Waals surface area contributed by atoms with Crippen LogP contribution in [0, 0.1) is 6.92 Å². The topological polar surface area (TPSA) is 69.4 Å². The molecular weight excluding hydrogens is 254 g/mol. The van der Waals surface area contributed by atoms with Crippen LogP contribution in [-0.2, 0) is 16.0 Å². The van der Waals surface area contributed by atoms with Crippen LogP contribution in [0.15, 0.2) is 18.2 Å². The number of benzene rings is 1. The number of ether oxygens (including phenoxy) is 1. The molecule has 110 valence electrons. The lowest BCUT2D eigenvalue weighted by Crippen LogP contribution is -2.18. The molecule has 1 amide bonds. The molecule has 2 N–H and O–H groups in total. The Kier molecular flexibility index (Phi) is 6.22. The van der Waals surface area contributed by atoms with E-state index in [0.29, 0.717) is 12.3 Å². The van der Waals surface area contributed by atoms with E-state index in [4.69, 9.17) is 5.73 Å². The predicted octanol–water partition coefficient (Wildman–Crippen LogP) is 3.11. The van der Waals surface area contributed by atoms with Crippen LogP contribution >= 0.6 is 0 Å². The van der Waals surface area contributed by atoms with E-state index in [9.17, 15) is 9.59 Å². The molecule has 0 heterocycles. The first-order chi connectivity index (χ1) is 9.38. The van der Waals surface area contributed by atoms with Gasteiger partial charge in [-0.05, 0) is 36.8 Å². The first-order valence-corrected chi connectivity index (χ1v) is 6.93. The number of carbonyl (C=O) groups is 2. The van der Waals surface area contributed by atoms with Gasteiger partial charge in [0, 0.05) is 6.42 Å². The zero-order chi connectivity index (χ0) is 15.1. The predicted molar refractivity (Wildman–Crippen MR) is 78.7 cm³/mol. The fourth-order valence-electron chi connectivity index (χ4n) is 2.09. The van der Waals surface area contributed by atoms with Crippen molar-refractivity contribution in [1.82, 2.24) is 0 Å². The first-order valence-electron chi connectivity index (χ1n) is 6.93. The third-order valence-corrected chi connectivity index (χ3v) is 3.12. The van der Waals surface area contributed by atoms with Crippen LogP contribution in [0.4, 0.5) is 4.79 Å². The van der Waals surface area contributed by atoms with Gasteiger partial charge in [0.05, 0.1) is 0 Å². The lowest BCUT2D eigenvalue weighted by molar-refractivity contribution is -0.121. The molecule has 0 aliphatic carbocycles. The number of ketones is 1. The zero-order valence-electron chi connectivity index (χ0n) is 12.4. The lowest BCUT2D eigenvalue weighted by Gasteiger charge is -2.10. The highest BCUT2D eigenvalue weighted by Gasteiger charge is 2.06. The molecule has 4 nitrogen and oxygen atoms in total. The Morgan fingerprint density at radius 2 is 1.95 bits per heavy atom. The number of aryl methyl sites for hydroxylation is 2. The van der Waals surface area contributed by atoms with E-state index < -0.39 is 6.09 Å². The number of nitrogens with two attached hydrogens (primary N) is 1. The Morgan fingerprint density at radius 1 is 1.25 bits per heavy atom. The van der Waals surface area contributed by atoms with Gasteiger partial charge in [-0.15, -0.1) is 0 Å². The number of hydrogen-bond donors (Lipinski definition) is 1. The highest BCUT2D eigenvalue weighted by atomic mass is 16.5. The SMILES string of the molecule is Cc1cc(CCCC(=O)COC(N)=O)cc(C(C)C)c1. The van der Waals surface area contributed by atoms with E-state index in [-0.39, 0.29) is 12.4 Å². The van der Waals surface area contributed by atoms with Crippen molar-refractivity contribution in [3.63, 3.8) is 0 Å². The summed E-state index contributed by atoms with van der Waals surface area (Å²) in [7, 11) is 0. The van der Waals surface area contributed by atoms with E-state index >= 15 is 0 Å². The maximum absolute atomic E-state index is 11.4. The van der Waals surface area contributed by atoms with Crippen molar-refractivity contribution < 1.29 is 14.3 Å². The van der Waals surface area contributed by atoms with E-state index in [2.05, 4.69) is 43.7 Å². The van der Waals surface area contributed by atoms with Crippen LogP contribution in [0.1, 0.15) is 49.3 Å². The summed E-state index contributed by atoms with van der Waals surface area (Å²) >= 11 is 0. The van der Waals surface area contributed by atoms with Crippen molar-refractivity contribution >= 4 is 11.9 Å². The minimum Gasteiger partial charge on any atom is -0.442 e. The zero-order valence-corrected chi connectivity index (χ0v) is 12.4. The molecule has 1 aromatic rings. The molecule has 0 aromatic heterocycles. The monoisotopic (exact) mass is 277 g/mol. The van der Waals surface area contributed by atoms with Gasteiger partial charge in [-0.25, -0.2) is 4.79 Å². The number of primary amides is 1. The molecule has 1 rings (SSSR count). The molecular formula is C16H23NO3. The average molecular weight is 277 g/mol. The summed E-state index contributed by atoms with van der Waals surface area (Å²) in [5.41, 5.74) is 8.62. The molecule has 0 aliphatic heterocycles. The van der Waals surface area contributed by atoms with Crippen LogP contribution in [0.25, 0.3) is 0 Å². The summed E-state index contributed by atoms with van der Waals surface area (Å²) in [5, 5.41) is 0. The third kappa shape index (κ3) is 5.87. The first kappa shape index (κ1) is 16.2. The van der Waals surface area contributed by atoms with Crippen molar-refractivity contribution in [2.45, 2.75) is 46.0 Å². The van der Waals surface area contributed by atoms with Gasteiger partial charge in [0.2, 0.25) is 0 Å². The molecule has 0 fully saturated rings. The van der Waals surface area contributed by atoms with E-state index in [1.165, 1.54) is 16.7 Å². The smallest absolute Gasteiger partial charge is 0.404 e. The standard InChI is InChI=1S/C16H23NO3/c1-11(2)14-8-12(3)7-13(9-14)5-4-6-15(18)10-20-16(17)19/h7-9,11H,4-6,10H2,1-3H3,(H2,17,19). The van der Waals surface area contributed by atoms with Gasteiger partial charge in [-0.1, -0.05) is 37.6 Å². The molecule has 0 spiro atoms. The van der Waals surface area contributed by atoms with Crippen LogP contribution in [-0.4, -0.2) is 18.5 Å². The maximum atomic E-state index is 11.4. The largest absolute Gasteiger partial charge is 0.442 e. The number of hydrogen-bond acceptors (Lipinski definition) is 3. The summed E-state index contributed by atoms with van der Waals surface area (Å²) in [6.45, 7) is 6.20. The Morgan fingerprint density at radius 3 is 2.55 bits per heavy atom. The van der Waals surface area contributed by atoms with Crippen molar-refractivity contribution in [3.05, 3.63) is 34.9 Å². The average Bonchev–Trinajstić information content (AvgIpc) is 2.35. The van der Waals surface area contributed by atoms with Crippen LogP contribution < -0.4 is 5.73 Å². The molecule has 0 saturated heterocycles. The summed E-state index contributed by atoms with van der Waals surface area (Å²) in [5.74, 6) is 0.403. The maximum Gasteiger partial charge on any atom is 0.404 e. The van der Waals surface area contributed by atoms with Gasteiger partial charge in [-0.2, -0.15) is 0 Å². The summed E-state index contributed by atoms with van der Waals surface area (Å²) in [4.78, 5) is 21.8. The minimum absolute atomic E-state index is 0.0967. The molecule has 0 aliphatic rings. The van der Waals surface area contributed by atoms with Gasteiger partial charge >= 0.3 is 6.09 Å². The number of carbonyl (C=O) groups excluding carboxylic acids is 2. The molecule has 1 aromatic carbocycles. The van der Waals surface area contributed by atoms with Crippen LogP contribution in [0.3, 0.4) is 0 Å². The highest BCUT2D eigenvalue weighted by Crippen LogP contribution is 2.19. The molecule has 0 atom stereocenters. The third-order valence-electron chi connectivity index (χ3n) is 3.12. The van der Waals surface area contributed by atoms with Gasteiger partial charge in [0.15, 0.2) is 12.4 Å². The number of amides is 1. The van der Waals surface area contributed by atoms with Crippen molar-refractivity contribution in [2.75, 3.05) is 6.61 Å². The molecule has 0 unspecified atom stereocenters. The Labute approximate surface area is 120 Å². The van der Waals surface area contributed by atoms with E-state index in [1.54, 1.807) is 0 Å². The normalized spacial score (nSPS) is 10.6. The van der Waals surface area contributed by atoms with Gasteiger partial charge in [0.25, 0.3) is 0 Å². The second kappa shape index (κ2) is 7.68. The second-order valence-electron chi connectivity index (χ2n) is 5.41. The van der Waals surface area contributed by atoms with Crippen molar-refractivity contribution in [3.8, 4) is 0 Å². The van der Waals surface area contributed by atoms with Crippen LogP contribution in [0.2, 0.25) is 0 Å². The molecule has 0 saturated carbocycles. The quantitative estimate of drug-likeness (QED) is 0.832. The van der Waals surface area contributed by atoms with Gasteiger partial charge in [0.1, 0.15) is 0 Å². The van der Waals surface area contributed by atoms with Gasteiger partial charge < -0.3 is 10.5 Å². The fourth-order valence-corrected chi connectivity index (χ4v) is 2.09. The second-order valence-corrected chi connectivity index (χ2v) is 5.41. The van der Waals surface area contributed by atoms with Crippen molar-refractivity contribution in [2.24, 2.45) is 5.73 Å². The summed E-state index contributed by atoms with van der Waals surface area (Å²) < 4.78 is 4.47. The molecule has 0 bridgehead atoms.